The molecule has 0 saturated carbocycles. The molecule has 0 atom stereocenters. The third-order valence-electron chi connectivity index (χ3n) is 4.29. The minimum absolute atomic E-state index is 0.574. The van der Waals surface area contributed by atoms with Gasteiger partial charge in [0.1, 0.15) is 11.5 Å². The minimum Gasteiger partial charge on any atom is -0.497 e. The largest absolute Gasteiger partial charge is 0.497 e. The zero-order chi connectivity index (χ0) is 17.6. The monoisotopic (exact) mass is 339 g/mol. The average molecular weight is 339 g/mol. The molecular weight excluding hydrogens is 314 g/mol. The van der Waals surface area contributed by atoms with Crippen LogP contribution in [0.4, 0.5) is 5.69 Å². The summed E-state index contributed by atoms with van der Waals surface area (Å²) in [5.74, 6) is 1.77. The molecule has 0 amide bonds. The van der Waals surface area contributed by atoms with Crippen molar-refractivity contribution in [2.24, 2.45) is 0 Å². The Morgan fingerprint density at radius 1 is 1.04 bits per heavy atom. The summed E-state index contributed by atoms with van der Waals surface area (Å²) in [5, 5.41) is 3.54. The van der Waals surface area contributed by atoms with Crippen molar-refractivity contribution in [2.45, 2.75) is 20.0 Å². The average Bonchev–Trinajstić information content (AvgIpc) is 2.67. The first-order valence-electron chi connectivity index (χ1n) is 8.63. The van der Waals surface area contributed by atoms with Crippen molar-refractivity contribution < 1.29 is 14.2 Å². The molecule has 0 saturated heterocycles. The Kier molecular flexibility index (Phi) is 5.61. The van der Waals surface area contributed by atoms with E-state index in [1.807, 2.05) is 18.2 Å². The number of nitrogens with one attached hydrogen (secondary N) is 1. The van der Waals surface area contributed by atoms with Crippen LogP contribution in [-0.2, 0) is 11.3 Å². The topological polar surface area (TPSA) is 39.7 Å². The molecule has 1 N–H and O–H groups in total. The summed E-state index contributed by atoms with van der Waals surface area (Å²) < 4.78 is 16.5. The van der Waals surface area contributed by atoms with Crippen molar-refractivity contribution in [3.8, 4) is 11.5 Å². The molecule has 2 aromatic rings. The maximum absolute atomic E-state index is 5.91. The van der Waals surface area contributed by atoms with Crippen molar-refractivity contribution in [1.82, 2.24) is 0 Å². The molecule has 0 radical (unpaired) electrons. The van der Waals surface area contributed by atoms with Crippen molar-refractivity contribution >= 4 is 17.3 Å². The molecule has 3 rings (SSSR count). The molecule has 0 aromatic heterocycles. The maximum Gasteiger partial charge on any atom is 0.143 e. The Morgan fingerprint density at radius 3 is 2.52 bits per heavy atom. The quantitative estimate of drug-likeness (QED) is 0.800. The van der Waals surface area contributed by atoms with Crippen LogP contribution in [0.5, 0.6) is 11.5 Å². The van der Waals surface area contributed by atoms with E-state index in [2.05, 4.69) is 36.5 Å². The highest BCUT2D eigenvalue weighted by molar-refractivity contribution is 5.93. The highest BCUT2D eigenvalue weighted by Crippen LogP contribution is 2.38. The van der Waals surface area contributed by atoms with Gasteiger partial charge in [0.15, 0.2) is 0 Å². The van der Waals surface area contributed by atoms with E-state index >= 15 is 0 Å². The predicted molar refractivity (Wildman–Crippen MR) is 102 cm³/mol. The van der Waals surface area contributed by atoms with E-state index in [4.69, 9.17) is 14.2 Å². The molecular formula is C21H25NO3. The van der Waals surface area contributed by atoms with Crippen molar-refractivity contribution in [3.63, 3.8) is 0 Å². The maximum atomic E-state index is 5.91. The number of benzene rings is 2. The van der Waals surface area contributed by atoms with E-state index in [1.165, 1.54) is 11.1 Å². The van der Waals surface area contributed by atoms with Crippen LogP contribution in [0.2, 0.25) is 0 Å². The highest BCUT2D eigenvalue weighted by atomic mass is 16.5. The number of rotatable bonds is 7. The smallest absolute Gasteiger partial charge is 0.143 e. The van der Waals surface area contributed by atoms with Gasteiger partial charge in [0.05, 0.1) is 26.0 Å². The van der Waals surface area contributed by atoms with Crippen molar-refractivity contribution in [3.05, 3.63) is 53.1 Å². The molecule has 1 aliphatic heterocycles. The van der Waals surface area contributed by atoms with Crippen LogP contribution >= 0.6 is 0 Å². The lowest BCUT2D eigenvalue weighted by Crippen LogP contribution is -2.13. The van der Waals surface area contributed by atoms with Crippen LogP contribution in [0.25, 0.3) is 11.6 Å². The fraction of sp³-hybridized carbons (Fsp3) is 0.333. The molecule has 0 unspecified atom stereocenters. The number of ether oxygens (including phenoxy) is 3. The summed E-state index contributed by atoms with van der Waals surface area (Å²) in [5.41, 5.74) is 5.77. The van der Waals surface area contributed by atoms with Crippen molar-refractivity contribution in [1.29, 1.82) is 0 Å². The summed E-state index contributed by atoms with van der Waals surface area (Å²) in [6, 6.07) is 12.3. The van der Waals surface area contributed by atoms with Gasteiger partial charge >= 0.3 is 0 Å². The number of hydrogen-bond acceptors (Lipinski definition) is 4. The SMILES string of the molecule is CCCOc1ccc(COC)c2c1NCC(c1ccc(OC)cc1)=C2. The summed E-state index contributed by atoms with van der Waals surface area (Å²) in [7, 11) is 3.40. The fourth-order valence-corrected chi connectivity index (χ4v) is 3.00. The molecule has 2 aromatic carbocycles. The van der Waals surface area contributed by atoms with Gasteiger partial charge in [-0.15, -0.1) is 0 Å². The van der Waals surface area contributed by atoms with Gasteiger partial charge < -0.3 is 19.5 Å². The van der Waals surface area contributed by atoms with Crippen LogP contribution in [0.1, 0.15) is 30.0 Å². The second-order valence-corrected chi connectivity index (χ2v) is 6.04. The van der Waals surface area contributed by atoms with Crippen LogP contribution in [0.15, 0.2) is 36.4 Å². The van der Waals surface area contributed by atoms with Crippen molar-refractivity contribution in [2.75, 3.05) is 32.7 Å². The Balaban J connectivity index is 1.99. The zero-order valence-corrected chi connectivity index (χ0v) is 15.1. The Hall–Kier alpha value is -2.46. The van der Waals surface area contributed by atoms with Crippen LogP contribution < -0.4 is 14.8 Å². The highest BCUT2D eigenvalue weighted by Gasteiger charge is 2.18. The lowest BCUT2D eigenvalue weighted by molar-refractivity contribution is 0.184. The molecule has 4 heteroatoms. The number of hydrogen-bond donors (Lipinski definition) is 1. The standard InChI is InChI=1S/C21H25NO3/c1-4-11-25-20-10-7-16(14-23-2)19-12-17(13-22-21(19)20)15-5-8-18(24-3)9-6-15/h5-10,12,22H,4,11,13-14H2,1-3H3. The first kappa shape index (κ1) is 17.4. The van der Waals surface area contributed by atoms with E-state index in [0.717, 1.165) is 41.3 Å². The van der Waals surface area contributed by atoms with Crippen LogP contribution in [-0.4, -0.2) is 27.4 Å². The number of methoxy groups -OCH3 is 2. The number of fused-ring (bicyclic) bond motifs is 1. The number of anilines is 1. The second-order valence-electron chi connectivity index (χ2n) is 6.04. The zero-order valence-electron chi connectivity index (χ0n) is 15.1. The van der Waals surface area contributed by atoms with E-state index in [-0.39, 0.29) is 0 Å². The molecule has 1 heterocycles. The van der Waals surface area contributed by atoms with Gasteiger partial charge in [-0.05, 0) is 47.4 Å². The van der Waals surface area contributed by atoms with Gasteiger partial charge in [0.2, 0.25) is 0 Å². The third kappa shape index (κ3) is 3.80. The first-order chi connectivity index (χ1) is 12.3. The first-order valence-corrected chi connectivity index (χ1v) is 8.63. The lowest BCUT2D eigenvalue weighted by Gasteiger charge is -2.24. The van der Waals surface area contributed by atoms with Gasteiger partial charge in [0.25, 0.3) is 0 Å². The summed E-state index contributed by atoms with van der Waals surface area (Å²) in [6.45, 7) is 4.16. The minimum atomic E-state index is 0.574. The van der Waals surface area contributed by atoms with Gasteiger partial charge in [-0.1, -0.05) is 25.1 Å². The molecule has 0 aliphatic carbocycles. The van der Waals surface area contributed by atoms with E-state index in [0.29, 0.717) is 13.2 Å². The molecule has 0 bridgehead atoms. The van der Waals surface area contributed by atoms with E-state index in [1.54, 1.807) is 14.2 Å². The predicted octanol–water partition coefficient (Wildman–Crippen LogP) is 4.60. The third-order valence-corrected chi connectivity index (χ3v) is 4.29. The Labute approximate surface area is 149 Å². The summed E-state index contributed by atoms with van der Waals surface area (Å²) >= 11 is 0. The normalized spacial score (nSPS) is 12.8. The van der Waals surface area contributed by atoms with Gasteiger partial charge in [-0.3, -0.25) is 0 Å². The summed E-state index contributed by atoms with van der Waals surface area (Å²) in [4.78, 5) is 0. The fourth-order valence-electron chi connectivity index (χ4n) is 3.00. The molecule has 0 fully saturated rings. The molecule has 0 spiro atoms. The summed E-state index contributed by atoms with van der Waals surface area (Å²) in [6.07, 6.45) is 3.22. The molecule has 1 aliphatic rings. The van der Waals surface area contributed by atoms with E-state index in [9.17, 15) is 0 Å². The van der Waals surface area contributed by atoms with E-state index < -0.39 is 0 Å². The molecule has 132 valence electrons. The Morgan fingerprint density at radius 2 is 1.84 bits per heavy atom. The molecule has 4 nitrogen and oxygen atoms in total. The second kappa shape index (κ2) is 8.08. The van der Waals surface area contributed by atoms with Crippen LogP contribution in [0, 0.1) is 0 Å². The Bertz CT molecular complexity index is 750. The van der Waals surface area contributed by atoms with Gasteiger partial charge in [-0.2, -0.15) is 0 Å². The van der Waals surface area contributed by atoms with Gasteiger partial charge in [0, 0.05) is 19.2 Å². The lowest BCUT2D eigenvalue weighted by atomic mass is 9.95. The molecule has 25 heavy (non-hydrogen) atoms. The van der Waals surface area contributed by atoms with Gasteiger partial charge in [-0.25, -0.2) is 0 Å². The van der Waals surface area contributed by atoms with Crippen LogP contribution in [0.3, 0.4) is 0 Å².